The van der Waals surface area contributed by atoms with Crippen LogP contribution in [0.2, 0.25) is 21.0 Å². The van der Waals surface area contributed by atoms with Crippen molar-refractivity contribution in [1.82, 2.24) is 39.9 Å². The molecule has 0 atom stereocenters. The Bertz CT molecular complexity index is 5140. The van der Waals surface area contributed by atoms with E-state index in [9.17, 15) is 0 Å². The second-order valence-electron chi connectivity index (χ2n) is 27.8. The largest absolute Gasteiger partial charge is 0.494 e. The van der Waals surface area contributed by atoms with E-state index in [-0.39, 0.29) is 48.7 Å². The van der Waals surface area contributed by atoms with Crippen LogP contribution in [0.4, 0.5) is 0 Å². The summed E-state index contributed by atoms with van der Waals surface area (Å²) in [6.45, 7) is 16.6. The zero-order chi connectivity index (χ0) is 73.7. The van der Waals surface area contributed by atoms with Gasteiger partial charge in [0.15, 0.2) is 0 Å². The Hall–Kier alpha value is -9.62. The third kappa shape index (κ3) is 18.1. The fourth-order valence-corrected chi connectivity index (χ4v) is 13.2. The number of pyridine rings is 2. The lowest BCUT2D eigenvalue weighted by Crippen LogP contribution is -2.41. The maximum atomic E-state index is 6.58. The Morgan fingerprint density at radius 3 is 0.713 bits per heavy atom. The molecule has 2 fully saturated rings. The molecule has 108 heavy (non-hydrogen) atoms. The van der Waals surface area contributed by atoms with Gasteiger partial charge < -0.3 is 18.6 Å². The summed E-state index contributed by atoms with van der Waals surface area (Å²) in [5.41, 5.74) is 19.6. The molecule has 540 valence electrons. The minimum atomic E-state index is -0.540. The van der Waals surface area contributed by atoms with Gasteiger partial charge in [0.05, 0.1) is 73.6 Å². The first-order valence-corrected chi connectivity index (χ1v) is 36.3. The zero-order valence-corrected chi connectivity index (χ0v) is 65.4. The van der Waals surface area contributed by atoms with Gasteiger partial charge in [-0.2, -0.15) is 0 Å². The Balaban J connectivity index is 0.000000181. The van der Waals surface area contributed by atoms with Crippen molar-refractivity contribution < 1.29 is 20.0 Å². The van der Waals surface area contributed by atoms with Crippen molar-refractivity contribution in [3.63, 3.8) is 0 Å². The fourth-order valence-electron chi connectivity index (χ4n) is 12.4. The molecule has 2 saturated heterocycles. The number of halogens is 5. The third-order valence-electron chi connectivity index (χ3n) is 19.4. The Morgan fingerprint density at radius 1 is 0.231 bits per heavy atom. The minimum Gasteiger partial charge on any atom is -0.399 e. The summed E-state index contributed by atoms with van der Waals surface area (Å²) < 4.78 is 26.0. The summed E-state index contributed by atoms with van der Waals surface area (Å²) in [5.74, 6) is 0. The lowest BCUT2D eigenvalue weighted by Gasteiger charge is -2.32. The highest BCUT2D eigenvalue weighted by atomic mass is 127. The van der Waals surface area contributed by atoms with E-state index in [4.69, 9.17) is 75.0 Å². The summed E-state index contributed by atoms with van der Waals surface area (Å²) in [6, 6.07) is 97.5. The van der Waals surface area contributed by atoms with Crippen molar-refractivity contribution in [2.75, 3.05) is 0 Å². The van der Waals surface area contributed by atoms with Crippen molar-refractivity contribution in [3.8, 4) is 124 Å². The molecule has 2 aliphatic heterocycles. The zero-order valence-electron chi connectivity index (χ0n) is 60.0. The van der Waals surface area contributed by atoms with Gasteiger partial charge >= 0.3 is 14.2 Å². The average molecular weight is 1620 g/mol. The van der Waals surface area contributed by atoms with Gasteiger partial charge in [-0.3, -0.25) is 0 Å². The molecule has 0 amide bonds. The molecule has 0 N–H and O–H groups in total. The maximum absolute atomic E-state index is 6.58. The Kier molecular flexibility index (Phi) is 24.2. The van der Waals surface area contributed by atoms with Crippen LogP contribution in [0.3, 0.4) is 0 Å². The molecule has 0 bridgehead atoms. The number of hydrogen-bond donors (Lipinski definition) is 0. The van der Waals surface area contributed by atoms with Crippen LogP contribution < -0.4 is 10.9 Å². The molecule has 2 aliphatic rings. The van der Waals surface area contributed by atoms with Gasteiger partial charge in [0.1, 0.15) is 5.15 Å². The van der Waals surface area contributed by atoms with Crippen LogP contribution in [0.1, 0.15) is 64.2 Å². The second kappa shape index (κ2) is 33.5. The molecular weight excluding hydrogens is 1540 g/mol. The standard InChI is InChI=1S/C43H27Cl2N5.C35H39B2NO4.C10H6Cl2N2.CH4.HI.H2/c44-42-47-38(30-17-9-3-10-18-30)26-40(49-42)34-21-33(22-35(23-34)41-27-39(48-43(45)50-41)31-19-11-4-12-20-31)37-25-32(28-13-5-1-6-14-28)24-36(46-37)29-15-7-2-8-16-29;1-32(2)33(3,4)40-36(39-32)28-19-27(20-29(23-28)37-41-34(5,6)35(7,8)42-37)31-22-26(24-15-11-9-12-16-24)21-30(38-31)25-17-13-10-14-18-25;11-9-6-8(13-10(12)14-9)7-4-2-1-3-5-7;;;/h1-27H;9-23H,1-8H3;1-6H;1H4;2*1H. The normalized spacial score (nSPS) is 14.3. The molecule has 5 aromatic heterocycles. The molecular formula is C89H79B2Cl4IN8O4. The van der Waals surface area contributed by atoms with E-state index in [1.807, 2.05) is 170 Å². The van der Waals surface area contributed by atoms with Crippen LogP contribution in [0.15, 0.2) is 291 Å². The smallest absolute Gasteiger partial charge is 0.399 e. The Labute approximate surface area is 671 Å². The molecule has 0 saturated carbocycles. The average Bonchev–Trinajstić information content (AvgIpc) is 1.74. The lowest BCUT2D eigenvalue weighted by molar-refractivity contribution is 0.00578. The van der Waals surface area contributed by atoms with Crippen LogP contribution in [0.5, 0.6) is 0 Å². The van der Waals surface area contributed by atoms with Gasteiger partial charge in [0.25, 0.3) is 0 Å². The van der Waals surface area contributed by atoms with Crippen LogP contribution in [-0.2, 0) is 18.6 Å². The first kappa shape index (κ1) is 78.0. The Morgan fingerprint density at radius 2 is 0.444 bits per heavy atom. The second-order valence-corrected chi connectivity index (χ2v) is 29.2. The molecule has 0 aliphatic carbocycles. The topological polar surface area (TPSA) is 140 Å². The summed E-state index contributed by atoms with van der Waals surface area (Å²) in [5, 5.41) is 0.820. The van der Waals surface area contributed by atoms with Crippen LogP contribution in [0, 0.1) is 0 Å². The van der Waals surface area contributed by atoms with Crippen molar-refractivity contribution in [2.24, 2.45) is 0 Å². The summed E-state index contributed by atoms with van der Waals surface area (Å²) in [7, 11) is -1.08. The van der Waals surface area contributed by atoms with E-state index in [1.165, 1.54) is 0 Å². The fraction of sp³-hybridized carbons (Fsp3) is 0.146. The summed E-state index contributed by atoms with van der Waals surface area (Å²) in [4.78, 5) is 36.7. The molecule has 9 aromatic carbocycles. The van der Waals surface area contributed by atoms with E-state index in [1.54, 1.807) is 6.07 Å². The van der Waals surface area contributed by atoms with Gasteiger partial charge in [-0.1, -0.05) is 250 Å². The van der Waals surface area contributed by atoms with Crippen LogP contribution in [-0.4, -0.2) is 76.5 Å². The first-order chi connectivity index (χ1) is 51.1. The number of aromatic nitrogens is 8. The molecule has 16 rings (SSSR count). The SMILES string of the molecule is C.CC1(C)OB(c2cc(B3OC(C)(C)C(C)(C)O3)cc(-c3cc(-c4ccccc4)cc(-c4ccccc4)n3)c2)OC1(C)C.Clc1cc(-c2ccccc2)nc(Cl)n1.Clc1nc(-c2ccccc2)cc(-c2cc(-c3cc(-c4ccccc4)cc(-c4ccccc4)n3)cc(-c3cc(-c4ccccc4)nc(Cl)n3)c2)n1.I.[HH]. The van der Waals surface area contributed by atoms with E-state index >= 15 is 0 Å². The van der Waals surface area contributed by atoms with Gasteiger partial charge in [-0.15, -0.1) is 24.0 Å². The first-order valence-electron chi connectivity index (χ1n) is 34.8. The van der Waals surface area contributed by atoms with E-state index in [0.29, 0.717) is 16.5 Å². The highest BCUT2D eigenvalue weighted by Gasteiger charge is 2.54. The van der Waals surface area contributed by atoms with Gasteiger partial charge in [-0.25, -0.2) is 39.9 Å². The molecule has 0 radical (unpaired) electrons. The van der Waals surface area contributed by atoms with E-state index in [2.05, 4.69) is 201 Å². The van der Waals surface area contributed by atoms with E-state index in [0.717, 1.165) is 123 Å². The number of rotatable bonds is 13. The molecule has 7 heterocycles. The third-order valence-corrected chi connectivity index (χ3v) is 20.1. The number of nitrogens with zero attached hydrogens (tertiary/aromatic N) is 8. The predicted molar refractivity (Wildman–Crippen MR) is 457 cm³/mol. The number of hydrogen-bond acceptors (Lipinski definition) is 12. The van der Waals surface area contributed by atoms with Gasteiger partial charge in [0.2, 0.25) is 15.9 Å². The molecule has 0 spiro atoms. The van der Waals surface area contributed by atoms with Crippen LogP contribution in [0.25, 0.3) is 124 Å². The molecule has 12 nitrogen and oxygen atoms in total. The summed E-state index contributed by atoms with van der Waals surface area (Å²) in [6.07, 6.45) is 0. The quantitative estimate of drug-likeness (QED) is 0.0470. The molecule has 14 aromatic rings. The van der Waals surface area contributed by atoms with Crippen molar-refractivity contribution in [2.45, 2.75) is 85.2 Å². The monoisotopic (exact) mass is 1610 g/mol. The van der Waals surface area contributed by atoms with E-state index < -0.39 is 36.6 Å². The maximum Gasteiger partial charge on any atom is 0.494 e. The molecule has 0 unspecified atom stereocenters. The van der Waals surface area contributed by atoms with Gasteiger partial charge in [0, 0.05) is 52.0 Å². The molecule has 19 heteroatoms. The van der Waals surface area contributed by atoms with Crippen molar-refractivity contribution >= 4 is 95.5 Å². The highest BCUT2D eigenvalue weighted by Crippen LogP contribution is 2.41. The van der Waals surface area contributed by atoms with Crippen LogP contribution >= 0.6 is 70.4 Å². The summed E-state index contributed by atoms with van der Waals surface area (Å²) >= 11 is 24.6. The lowest BCUT2D eigenvalue weighted by atomic mass is 9.70. The predicted octanol–water partition coefficient (Wildman–Crippen LogP) is 23.3. The minimum absolute atomic E-state index is 0. The van der Waals surface area contributed by atoms with Crippen molar-refractivity contribution in [1.29, 1.82) is 0 Å². The van der Waals surface area contributed by atoms with Gasteiger partial charge in [-0.05, 0) is 184 Å². The number of benzene rings is 9. The highest BCUT2D eigenvalue weighted by molar-refractivity contribution is 14.0. The van der Waals surface area contributed by atoms with Crippen molar-refractivity contribution in [3.05, 3.63) is 312 Å².